The Labute approximate surface area is 83.4 Å². The molecule has 0 bridgehead atoms. The van der Waals surface area contributed by atoms with Crippen LogP contribution in [0.2, 0.25) is 0 Å². The Morgan fingerprint density at radius 2 is 2.42 bits per heavy atom. The molecule has 0 N–H and O–H groups in total. The van der Waals surface area contributed by atoms with Crippen molar-refractivity contribution in [2.45, 2.75) is 19.5 Å². The Kier molecular flexibility index (Phi) is 3.07. The van der Waals surface area contributed by atoms with Crippen LogP contribution in [-0.4, -0.2) is 12.0 Å². The second-order valence-electron chi connectivity index (χ2n) is 2.59. The minimum atomic E-state index is -1.18. The number of alkyl halides is 1. The molecule has 0 aliphatic heterocycles. The molecule has 4 heteroatoms. The van der Waals surface area contributed by atoms with Crippen LogP contribution in [0.25, 0.3) is 0 Å². The summed E-state index contributed by atoms with van der Waals surface area (Å²) in [7, 11) is 0. The predicted octanol–water partition coefficient (Wildman–Crippen LogP) is 3.09. The number of allylic oxidation sites excluding steroid dienone is 4. The van der Waals surface area contributed by atoms with Crippen LogP contribution in [0.1, 0.15) is 13.3 Å². The molecule has 0 saturated heterocycles. The summed E-state index contributed by atoms with van der Waals surface area (Å²) in [6.07, 6.45) is 0.442. The zero-order chi connectivity index (χ0) is 9.30. The molecule has 1 atom stereocenters. The number of ketones is 1. The fraction of sp³-hybridized carbons (Fsp3) is 0.375. The van der Waals surface area contributed by atoms with Gasteiger partial charge in [-0.05, 0) is 18.6 Å². The molecule has 0 radical (unpaired) electrons. The van der Waals surface area contributed by atoms with E-state index in [1.54, 1.807) is 0 Å². The molecule has 0 aromatic heterocycles. The van der Waals surface area contributed by atoms with E-state index < -0.39 is 6.17 Å². The Balaban J connectivity index is 2.98. The summed E-state index contributed by atoms with van der Waals surface area (Å²) in [5.74, 6) is -0.129. The van der Waals surface area contributed by atoms with Crippen LogP contribution in [0.5, 0.6) is 0 Å². The third kappa shape index (κ3) is 1.96. The molecule has 0 aromatic rings. The zero-order valence-electron chi connectivity index (χ0n) is 6.40. The maximum absolute atomic E-state index is 13.1. The van der Waals surface area contributed by atoms with E-state index in [4.69, 9.17) is 11.6 Å². The highest BCUT2D eigenvalue weighted by Gasteiger charge is 2.22. The second-order valence-corrected chi connectivity index (χ2v) is 3.85. The normalized spacial score (nSPS) is 24.0. The summed E-state index contributed by atoms with van der Waals surface area (Å²) < 4.78 is 13.4. The van der Waals surface area contributed by atoms with Gasteiger partial charge in [0.2, 0.25) is 0 Å². The number of hydrogen-bond donors (Lipinski definition) is 0. The van der Waals surface area contributed by atoms with Crippen LogP contribution in [0.15, 0.2) is 21.2 Å². The van der Waals surface area contributed by atoms with Crippen molar-refractivity contribution in [3.05, 3.63) is 21.2 Å². The quantitative estimate of drug-likeness (QED) is 0.702. The highest BCUT2D eigenvalue weighted by atomic mass is 79.9. The zero-order valence-corrected chi connectivity index (χ0v) is 8.75. The SMILES string of the molecule is CC(=O)C1=CC(Cl)=C(Br)C(F)C1. The van der Waals surface area contributed by atoms with Crippen LogP contribution >= 0.6 is 27.5 Å². The number of carbonyl (C=O) groups is 1. The molecule has 1 rings (SSSR count). The van der Waals surface area contributed by atoms with Crippen LogP contribution in [0.3, 0.4) is 0 Å². The van der Waals surface area contributed by atoms with Gasteiger partial charge in [0.1, 0.15) is 6.17 Å². The lowest BCUT2D eigenvalue weighted by Crippen LogP contribution is -2.11. The fourth-order valence-corrected chi connectivity index (χ4v) is 1.48. The first kappa shape index (κ1) is 9.93. The van der Waals surface area contributed by atoms with Crippen molar-refractivity contribution in [1.29, 1.82) is 0 Å². The lowest BCUT2D eigenvalue weighted by molar-refractivity contribution is -0.113. The van der Waals surface area contributed by atoms with Gasteiger partial charge < -0.3 is 0 Å². The number of hydrogen-bond acceptors (Lipinski definition) is 1. The highest BCUT2D eigenvalue weighted by Crippen LogP contribution is 2.32. The largest absolute Gasteiger partial charge is 0.295 e. The average molecular weight is 253 g/mol. The maximum atomic E-state index is 13.1. The van der Waals surface area contributed by atoms with Crippen molar-refractivity contribution in [2.75, 3.05) is 0 Å². The summed E-state index contributed by atoms with van der Waals surface area (Å²) in [6.45, 7) is 1.40. The first-order chi connectivity index (χ1) is 5.52. The van der Waals surface area contributed by atoms with E-state index in [-0.39, 0.29) is 17.2 Å². The molecule has 1 aliphatic rings. The number of halogens is 3. The van der Waals surface area contributed by atoms with E-state index in [1.807, 2.05) is 0 Å². The van der Waals surface area contributed by atoms with Crippen molar-refractivity contribution in [3.8, 4) is 0 Å². The smallest absolute Gasteiger partial charge is 0.155 e. The highest BCUT2D eigenvalue weighted by molar-refractivity contribution is 9.11. The molecule has 0 amide bonds. The van der Waals surface area contributed by atoms with Crippen LogP contribution in [0.4, 0.5) is 4.39 Å². The van der Waals surface area contributed by atoms with Gasteiger partial charge in [0.05, 0.1) is 5.03 Å². The van der Waals surface area contributed by atoms with E-state index in [1.165, 1.54) is 13.0 Å². The van der Waals surface area contributed by atoms with Crippen LogP contribution in [-0.2, 0) is 4.79 Å². The van der Waals surface area contributed by atoms with Gasteiger partial charge >= 0.3 is 0 Å². The van der Waals surface area contributed by atoms with Gasteiger partial charge in [-0.25, -0.2) is 4.39 Å². The molecule has 0 heterocycles. The van der Waals surface area contributed by atoms with Crippen molar-refractivity contribution < 1.29 is 9.18 Å². The summed E-state index contributed by atoms with van der Waals surface area (Å²) in [5, 5.41) is 0.277. The minimum Gasteiger partial charge on any atom is -0.295 e. The summed E-state index contributed by atoms with van der Waals surface area (Å²) in [4.78, 5) is 10.9. The Morgan fingerprint density at radius 3 is 2.83 bits per heavy atom. The van der Waals surface area contributed by atoms with E-state index in [0.717, 1.165) is 0 Å². The Morgan fingerprint density at radius 1 is 1.83 bits per heavy atom. The van der Waals surface area contributed by atoms with Crippen LogP contribution in [0, 0.1) is 0 Å². The van der Waals surface area contributed by atoms with Gasteiger partial charge in [0, 0.05) is 10.9 Å². The Hall–Kier alpha value is -0.150. The van der Waals surface area contributed by atoms with Crippen molar-refractivity contribution in [3.63, 3.8) is 0 Å². The fourth-order valence-electron chi connectivity index (χ4n) is 0.958. The van der Waals surface area contributed by atoms with Crippen molar-refractivity contribution >= 4 is 33.3 Å². The third-order valence-electron chi connectivity index (χ3n) is 1.66. The topological polar surface area (TPSA) is 17.1 Å². The number of Topliss-reactive ketones (excluding diaryl/α,β-unsaturated/α-hetero) is 1. The molecule has 0 fully saturated rings. The number of rotatable bonds is 1. The van der Waals surface area contributed by atoms with Gasteiger partial charge in [-0.15, -0.1) is 0 Å². The lowest BCUT2D eigenvalue weighted by atomic mass is 10.0. The molecule has 0 aromatic carbocycles. The van der Waals surface area contributed by atoms with E-state index in [2.05, 4.69) is 15.9 Å². The molecule has 12 heavy (non-hydrogen) atoms. The van der Waals surface area contributed by atoms with E-state index in [9.17, 15) is 9.18 Å². The molecule has 0 spiro atoms. The summed E-state index contributed by atoms with van der Waals surface area (Å²) in [6, 6.07) is 0. The van der Waals surface area contributed by atoms with Crippen LogP contribution < -0.4 is 0 Å². The molecule has 0 saturated carbocycles. The standard InChI is InChI=1S/C8H7BrClFO/c1-4(12)5-2-6(10)8(9)7(11)3-5/h2,7H,3H2,1H3. The van der Waals surface area contributed by atoms with Gasteiger partial charge in [-0.2, -0.15) is 0 Å². The molecule has 66 valence electrons. The minimum absolute atomic E-state index is 0.117. The monoisotopic (exact) mass is 252 g/mol. The van der Waals surface area contributed by atoms with Crippen molar-refractivity contribution in [1.82, 2.24) is 0 Å². The van der Waals surface area contributed by atoms with E-state index in [0.29, 0.717) is 10.1 Å². The van der Waals surface area contributed by atoms with Gasteiger partial charge in [0.15, 0.2) is 5.78 Å². The molecule has 1 aliphatic carbocycles. The summed E-state index contributed by atoms with van der Waals surface area (Å²) in [5.41, 5.74) is 0.440. The lowest BCUT2D eigenvalue weighted by Gasteiger charge is -2.15. The van der Waals surface area contributed by atoms with Crippen molar-refractivity contribution in [2.24, 2.45) is 0 Å². The predicted molar refractivity (Wildman–Crippen MR) is 50.1 cm³/mol. The first-order valence-corrected chi connectivity index (χ1v) is 4.60. The molecular formula is C8H7BrClFO. The molecule has 1 nitrogen and oxygen atoms in total. The second kappa shape index (κ2) is 3.71. The molecular weight excluding hydrogens is 246 g/mol. The average Bonchev–Trinajstić information content (AvgIpc) is 1.99. The van der Waals surface area contributed by atoms with Gasteiger partial charge in [0.25, 0.3) is 0 Å². The maximum Gasteiger partial charge on any atom is 0.155 e. The van der Waals surface area contributed by atoms with Gasteiger partial charge in [-0.3, -0.25) is 4.79 Å². The third-order valence-corrected chi connectivity index (χ3v) is 3.12. The van der Waals surface area contributed by atoms with Gasteiger partial charge in [-0.1, -0.05) is 27.5 Å². The van der Waals surface area contributed by atoms with E-state index >= 15 is 0 Å². The first-order valence-electron chi connectivity index (χ1n) is 3.43. The number of carbonyl (C=O) groups excluding carboxylic acids is 1. The Bertz CT molecular complexity index is 283. The molecule has 1 unspecified atom stereocenters. The summed E-state index contributed by atoms with van der Waals surface area (Å²) >= 11 is 8.68.